The van der Waals surface area contributed by atoms with Crippen molar-refractivity contribution in [1.82, 2.24) is 14.8 Å². The molecule has 7 heteroatoms. The van der Waals surface area contributed by atoms with E-state index in [1.807, 2.05) is 0 Å². The second-order valence-electron chi connectivity index (χ2n) is 3.58. The molecule has 0 spiro atoms. The summed E-state index contributed by atoms with van der Waals surface area (Å²) in [6.45, 7) is 3.15. The van der Waals surface area contributed by atoms with Crippen molar-refractivity contribution >= 4 is 17.7 Å². The van der Waals surface area contributed by atoms with Crippen LogP contribution >= 0.6 is 11.8 Å². The Morgan fingerprint density at radius 1 is 1.60 bits per heavy atom. The van der Waals surface area contributed by atoms with E-state index in [9.17, 15) is 9.90 Å². The summed E-state index contributed by atoms with van der Waals surface area (Å²) in [7, 11) is 1.66. The van der Waals surface area contributed by atoms with Gasteiger partial charge in [0.05, 0.1) is 5.75 Å². The number of aryl methyl sites for hydroxylation is 1. The highest BCUT2D eigenvalue weighted by Gasteiger charge is 2.23. The van der Waals surface area contributed by atoms with Crippen LogP contribution in [0.3, 0.4) is 0 Å². The number of aliphatic carboxylic acids is 1. The molecular weight excluding hydrogens is 218 g/mol. The second-order valence-corrected chi connectivity index (χ2v) is 4.53. The molecule has 1 aromatic rings. The van der Waals surface area contributed by atoms with Crippen molar-refractivity contribution in [2.24, 2.45) is 7.05 Å². The van der Waals surface area contributed by atoms with E-state index in [4.69, 9.17) is 5.11 Å². The van der Waals surface area contributed by atoms with Gasteiger partial charge in [-0.1, -0.05) is 11.8 Å². The predicted octanol–water partition coefficient (Wildman–Crippen LogP) is 0.219. The molecule has 1 heterocycles. The Morgan fingerprint density at radius 3 is 2.60 bits per heavy atom. The molecule has 15 heavy (non-hydrogen) atoms. The molecule has 0 amide bonds. The van der Waals surface area contributed by atoms with Crippen molar-refractivity contribution in [3.63, 3.8) is 0 Å². The van der Waals surface area contributed by atoms with Crippen LogP contribution in [-0.4, -0.2) is 36.7 Å². The van der Waals surface area contributed by atoms with Crippen molar-refractivity contribution in [1.29, 1.82) is 0 Å². The summed E-state index contributed by atoms with van der Waals surface area (Å²) in [5, 5.41) is 22.6. The van der Waals surface area contributed by atoms with Crippen LogP contribution in [0.1, 0.15) is 19.7 Å². The predicted molar refractivity (Wildman–Crippen MR) is 54.6 cm³/mol. The van der Waals surface area contributed by atoms with E-state index in [1.54, 1.807) is 20.9 Å². The van der Waals surface area contributed by atoms with Gasteiger partial charge in [-0.3, -0.25) is 4.79 Å². The van der Waals surface area contributed by atoms with Crippen LogP contribution in [-0.2, 0) is 17.4 Å². The van der Waals surface area contributed by atoms with E-state index in [1.165, 1.54) is 4.68 Å². The Bertz CT molecular complexity index is 370. The Morgan fingerprint density at radius 2 is 2.20 bits per heavy atom. The highest BCUT2D eigenvalue weighted by atomic mass is 32.2. The first-order valence-electron chi connectivity index (χ1n) is 4.29. The quantitative estimate of drug-likeness (QED) is 0.721. The van der Waals surface area contributed by atoms with Crippen LogP contribution in [0, 0.1) is 0 Å². The molecule has 0 saturated carbocycles. The fraction of sp³-hybridized carbons (Fsp3) is 0.625. The standard InChI is InChI=1S/C8H13N3O3S/c1-8(2,14)6-9-7(11(3)10-6)15-4-5(12)13/h14H,4H2,1-3H3,(H,12,13). The smallest absolute Gasteiger partial charge is 0.313 e. The highest BCUT2D eigenvalue weighted by molar-refractivity contribution is 7.99. The molecule has 6 nitrogen and oxygen atoms in total. The average Bonchev–Trinajstić information content (AvgIpc) is 2.42. The van der Waals surface area contributed by atoms with Gasteiger partial charge in [0.1, 0.15) is 5.60 Å². The molecule has 1 aromatic heterocycles. The third-order valence-electron chi connectivity index (χ3n) is 1.60. The lowest BCUT2D eigenvalue weighted by molar-refractivity contribution is -0.133. The SMILES string of the molecule is Cn1nc(C(C)(C)O)nc1SCC(=O)O. The van der Waals surface area contributed by atoms with E-state index in [0.29, 0.717) is 5.16 Å². The first kappa shape index (κ1) is 12.0. The number of aromatic nitrogens is 3. The third-order valence-corrected chi connectivity index (χ3v) is 2.60. The maximum atomic E-state index is 10.4. The van der Waals surface area contributed by atoms with Gasteiger partial charge in [0, 0.05) is 7.05 Å². The number of aliphatic hydroxyl groups is 1. The number of carbonyl (C=O) groups is 1. The summed E-state index contributed by atoms with van der Waals surface area (Å²) in [4.78, 5) is 14.4. The number of carboxylic acid groups (broad SMARTS) is 1. The van der Waals surface area contributed by atoms with Crippen LogP contribution in [0.2, 0.25) is 0 Å². The van der Waals surface area contributed by atoms with Crippen molar-refractivity contribution < 1.29 is 15.0 Å². The number of carboxylic acids is 1. The first-order chi connectivity index (χ1) is 6.80. The Kier molecular flexibility index (Phi) is 3.35. The van der Waals surface area contributed by atoms with Gasteiger partial charge in [0.25, 0.3) is 0 Å². The molecule has 0 fully saturated rings. The minimum absolute atomic E-state index is 0.0716. The Labute approximate surface area is 91.3 Å². The molecule has 84 valence electrons. The molecular formula is C8H13N3O3S. The molecule has 0 atom stereocenters. The number of thioether (sulfide) groups is 1. The minimum atomic E-state index is -1.11. The van der Waals surface area contributed by atoms with Gasteiger partial charge in [-0.15, -0.1) is 0 Å². The Balaban J connectivity index is 2.82. The summed E-state index contributed by atoms with van der Waals surface area (Å²) in [6.07, 6.45) is 0. The second kappa shape index (κ2) is 4.19. The number of nitrogens with zero attached hydrogens (tertiary/aromatic N) is 3. The number of hydrogen-bond acceptors (Lipinski definition) is 5. The van der Waals surface area contributed by atoms with Crippen molar-refractivity contribution in [3.8, 4) is 0 Å². The summed E-state index contributed by atoms with van der Waals surface area (Å²) in [5.41, 5.74) is -1.11. The minimum Gasteiger partial charge on any atom is -0.481 e. The number of rotatable bonds is 4. The van der Waals surface area contributed by atoms with Crippen LogP contribution in [0.4, 0.5) is 0 Å². The van der Waals surface area contributed by atoms with E-state index in [-0.39, 0.29) is 11.6 Å². The maximum Gasteiger partial charge on any atom is 0.313 e. The van der Waals surface area contributed by atoms with Crippen molar-refractivity contribution in [2.45, 2.75) is 24.6 Å². The van der Waals surface area contributed by atoms with Gasteiger partial charge in [-0.25, -0.2) is 9.67 Å². The number of hydrogen-bond donors (Lipinski definition) is 2. The summed E-state index contributed by atoms with van der Waals surface area (Å²) in [5.74, 6) is -0.691. The third kappa shape index (κ3) is 3.21. The molecule has 2 N–H and O–H groups in total. The van der Waals surface area contributed by atoms with Gasteiger partial charge >= 0.3 is 5.97 Å². The van der Waals surface area contributed by atoms with Crippen molar-refractivity contribution in [3.05, 3.63) is 5.82 Å². The lowest BCUT2D eigenvalue weighted by Gasteiger charge is -2.10. The largest absolute Gasteiger partial charge is 0.481 e. The molecule has 0 aliphatic rings. The fourth-order valence-corrected chi connectivity index (χ4v) is 1.51. The Hall–Kier alpha value is -1.08. The van der Waals surface area contributed by atoms with Gasteiger partial charge in [0.15, 0.2) is 11.0 Å². The normalized spacial score (nSPS) is 11.7. The lowest BCUT2D eigenvalue weighted by Crippen LogP contribution is -2.17. The molecule has 0 radical (unpaired) electrons. The van der Waals surface area contributed by atoms with Gasteiger partial charge in [-0.2, -0.15) is 5.10 Å². The zero-order valence-corrected chi connectivity index (χ0v) is 9.58. The van der Waals surface area contributed by atoms with Crippen LogP contribution in [0.15, 0.2) is 5.16 Å². The molecule has 0 saturated heterocycles. The van der Waals surface area contributed by atoms with Crippen LogP contribution in [0.25, 0.3) is 0 Å². The monoisotopic (exact) mass is 231 g/mol. The van der Waals surface area contributed by atoms with Crippen LogP contribution < -0.4 is 0 Å². The van der Waals surface area contributed by atoms with Crippen LogP contribution in [0.5, 0.6) is 0 Å². The zero-order chi connectivity index (χ0) is 11.6. The van der Waals surface area contributed by atoms with Gasteiger partial charge in [0.2, 0.25) is 0 Å². The molecule has 0 aliphatic heterocycles. The molecule has 0 aliphatic carbocycles. The zero-order valence-electron chi connectivity index (χ0n) is 8.76. The van der Waals surface area contributed by atoms with E-state index >= 15 is 0 Å². The molecule has 0 aromatic carbocycles. The van der Waals surface area contributed by atoms with E-state index in [2.05, 4.69) is 10.1 Å². The summed E-state index contributed by atoms with van der Waals surface area (Å²) >= 11 is 1.07. The van der Waals surface area contributed by atoms with E-state index < -0.39 is 11.6 Å². The van der Waals surface area contributed by atoms with Crippen molar-refractivity contribution in [2.75, 3.05) is 5.75 Å². The summed E-state index contributed by atoms with van der Waals surface area (Å²) in [6, 6.07) is 0. The van der Waals surface area contributed by atoms with E-state index in [0.717, 1.165) is 11.8 Å². The van der Waals surface area contributed by atoms with Gasteiger partial charge < -0.3 is 10.2 Å². The average molecular weight is 231 g/mol. The topological polar surface area (TPSA) is 88.2 Å². The highest BCUT2D eigenvalue weighted by Crippen LogP contribution is 2.20. The summed E-state index contributed by atoms with van der Waals surface area (Å²) < 4.78 is 1.46. The molecule has 0 bridgehead atoms. The first-order valence-corrected chi connectivity index (χ1v) is 5.27. The fourth-order valence-electron chi connectivity index (χ4n) is 0.881. The molecule has 0 unspecified atom stereocenters. The maximum absolute atomic E-state index is 10.4. The van der Waals surface area contributed by atoms with Gasteiger partial charge in [-0.05, 0) is 13.8 Å². The molecule has 1 rings (SSSR count). The lowest BCUT2D eigenvalue weighted by atomic mass is 10.1.